The number of nitrogens with one attached hydrogen (secondary N) is 2. The molecule has 2 heterocycles. The number of nitriles is 1. The van der Waals surface area contributed by atoms with Gasteiger partial charge in [0.15, 0.2) is 17.7 Å². The van der Waals surface area contributed by atoms with Crippen LogP contribution in [-0.2, 0) is 0 Å². The molecular weight excluding hydrogens is 182 g/mol. The molecule has 0 spiro atoms. The van der Waals surface area contributed by atoms with E-state index in [0.717, 1.165) is 0 Å². The summed E-state index contributed by atoms with van der Waals surface area (Å²) < 4.78 is 0. The van der Waals surface area contributed by atoms with Gasteiger partial charge in [-0.05, 0) is 0 Å². The van der Waals surface area contributed by atoms with Crippen LogP contribution >= 0.6 is 0 Å². The molecule has 0 aromatic carbocycles. The molecule has 2 aromatic heterocycles. The Kier molecular flexibility index (Phi) is 2.02. The average molecular weight is 187 g/mol. The summed E-state index contributed by atoms with van der Waals surface area (Å²) in [5.74, 6) is 0.440. The SMILES string of the molecule is N#CNC=Nc1ncnc2nc[nH]c12. The molecular formula is C7H5N7. The van der Waals surface area contributed by atoms with Crippen LogP contribution in [0.2, 0.25) is 0 Å². The number of fused-ring (bicyclic) bond motifs is 1. The number of rotatable bonds is 2. The van der Waals surface area contributed by atoms with Gasteiger partial charge in [-0.1, -0.05) is 0 Å². The van der Waals surface area contributed by atoms with Crippen molar-refractivity contribution in [1.29, 1.82) is 5.26 Å². The standard InChI is InChI=1S/C7H5N7/c8-1-9-2-11-6-5-7(12-3-10-5)14-4-13-6/h2-4H,(H2,9,10,11,12,13,14). The maximum atomic E-state index is 8.21. The number of hydrogen-bond donors (Lipinski definition) is 2. The summed E-state index contributed by atoms with van der Waals surface area (Å²) in [6, 6.07) is 0. The van der Waals surface area contributed by atoms with Gasteiger partial charge in [0.05, 0.1) is 6.33 Å². The van der Waals surface area contributed by atoms with E-state index in [2.05, 4.69) is 30.2 Å². The van der Waals surface area contributed by atoms with Gasteiger partial charge in [-0.15, -0.1) is 0 Å². The van der Waals surface area contributed by atoms with Crippen LogP contribution in [0.3, 0.4) is 0 Å². The first-order chi connectivity index (χ1) is 6.92. The number of hydrogen-bond acceptors (Lipinski definition) is 5. The zero-order chi connectivity index (χ0) is 9.80. The number of H-pyrrole nitrogens is 1. The lowest BCUT2D eigenvalue weighted by atomic mass is 10.5. The Bertz CT molecular complexity index is 506. The van der Waals surface area contributed by atoms with Gasteiger partial charge in [-0.2, -0.15) is 5.26 Å². The second kappa shape index (κ2) is 3.49. The van der Waals surface area contributed by atoms with E-state index >= 15 is 0 Å². The van der Waals surface area contributed by atoms with E-state index < -0.39 is 0 Å². The van der Waals surface area contributed by atoms with Gasteiger partial charge in [0.2, 0.25) is 0 Å². The van der Waals surface area contributed by atoms with Crippen molar-refractivity contribution in [1.82, 2.24) is 25.3 Å². The number of nitrogens with zero attached hydrogens (tertiary/aromatic N) is 5. The van der Waals surface area contributed by atoms with Gasteiger partial charge in [0.1, 0.15) is 18.2 Å². The molecule has 0 aliphatic rings. The van der Waals surface area contributed by atoms with E-state index in [0.29, 0.717) is 17.0 Å². The van der Waals surface area contributed by atoms with E-state index in [1.807, 2.05) is 0 Å². The molecule has 0 saturated carbocycles. The monoisotopic (exact) mass is 187 g/mol. The van der Waals surface area contributed by atoms with Crippen molar-refractivity contribution in [3.63, 3.8) is 0 Å². The van der Waals surface area contributed by atoms with E-state index in [4.69, 9.17) is 5.26 Å². The second-order valence-corrected chi connectivity index (χ2v) is 2.31. The van der Waals surface area contributed by atoms with Crippen LogP contribution in [0.15, 0.2) is 17.6 Å². The van der Waals surface area contributed by atoms with Gasteiger partial charge in [0, 0.05) is 0 Å². The first-order valence-electron chi connectivity index (χ1n) is 3.73. The van der Waals surface area contributed by atoms with E-state index in [-0.39, 0.29) is 0 Å². The van der Waals surface area contributed by atoms with Crippen LogP contribution in [-0.4, -0.2) is 26.3 Å². The fourth-order valence-electron chi connectivity index (χ4n) is 0.972. The Labute approximate surface area is 78.5 Å². The van der Waals surface area contributed by atoms with Crippen LogP contribution in [0.25, 0.3) is 11.2 Å². The molecule has 0 unspecified atom stereocenters. The van der Waals surface area contributed by atoms with E-state index in [1.165, 1.54) is 19.0 Å². The third-order valence-electron chi connectivity index (χ3n) is 1.52. The summed E-state index contributed by atoms with van der Waals surface area (Å²) in [6.07, 6.45) is 5.84. The molecule has 0 aliphatic carbocycles. The molecule has 7 nitrogen and oxygen atoms in total. The van der Waals surface area contributed by atoms with Crippen LogP contribution in [0, 0.1) is 11.5 Å². The van der Waals surface area contributed by atoms with Crippen molar-refractivity contribution < 1.29 is 0 Å². The average Bonchev–Trinajstić information content (AvgIpc) is 2.67. The quantitative estimate of drug-likeness (QED) is 0.300. The fraction of sp³-hybridized carbons (Fsp3) is 0. The van der Waals surface area contributed by atoms with Crippen molar-refractivity contribution in [2.75, 3.05) is 0 Å². The Hall–Kier alpha value is -2.49. The van der Waals surface area contributed by atoms with Gasteiger partial charge < -0.3 is 4.98 Å². The predicted molar refractivity (Wildman–Crippen MR) is 48.6 cm³/mol. The molecule has 0 atom stereocenters. The number of imidazole rings is 1. The van der Waals surface area contributed by atoms with Crippen LogP contribution < -0.4 is 5.32 Å². The molecule has 0 fully saturated rings. The normalized spacial score (nSPS) is 10.5. The second-order valence-electron chi connectivity index (χ2n) is 2.31. The summed E-state index contributed by atoms with van der Waals surface area (Å²) in [6.45, 7) is 0. The summed E-state index contributed by atoms with van der Waals surface area (Å²) in [4.78, 5) is 18.6. The summed E-state index contributed by atoms with van der Waals surface area (Å²) in [5, 5.41) is 10.5. The number of aliphatic imine (C=N–C) groups is 1. The highest BCUT2D eigenvalue weighted by atomic mass is 15.1. The minimum Gasteiger partial charge on any atom is -0.340 e. The van der Waals surface area contributed by atoms with Gasteiger partial charge in [-0.3, -0.25) is 5.32 Å². The third kappa shape index (κ3) is 1.36. The molecule has 0 amide bonds. The molecule has 2 rings (SSSR count). The molecule has 68 valence electrons. The zero-order valence-corrected chi connectivity index (χ0v) is 6.97. The maximum Gasteiger partial charge on any atom is 0.182 e. The molecule has 0 aliphatic heterocycles. The first kappa shape index (κ1) is 8.12. The van der Waals surface area contributed by atoms with Crippen molar-refractivity contribution in [3.05, 3.63) is 12.7 Å². The predicted octanol–water partition coefficient (Wildman–Crippen LogP) is 0.0834. The Morgan fingerprint density at radius 2 is 2.43 bits per heavy atom. The molecule has 14 heavy (non-hydrogen) atoms. The molecule has 2 aromatic rings. The largest absolute Gasteiger partial charge is 0.340 e. The highest BCUT2D eigenvalue weighted by Gasteiger charge is 2.02. The summed E-state index contributed by atoms with van der Waals surface area (Å²) in [5.41, 5.74) is 1.19. The summed E-state index contributed by atoms with van der Waals surface area (Å²) >= 11 is 0. The first-order valence-corrected chi connectivity index (χ1v) is 3.73. The van der Waals surface area contributed by atoms with Gasteiger partial charge in [0.25, 0.3) is 0 Å². The van der Waals surface area contributed by atoms with Crippen LogP contribution in [0.5, 0.6) is 0 Å². The molecule has 0 bridgehead atoms. The maximum absolute atomic E-state index is 8.21. The Morgan fingerprint density at radius 3 is 3.29 bits per heavy atom. The van der Waals surface area contributed by atoms with Crippen molar-refractivity contribution in [2.45, 2.75) is 0 Å². The highest BCUT2D eigenvalue weighted by Crippen LogP contribution is 2.16. The Balaban J connectivity index is 2.42. The van der Waals surface area contributed by atoms with Gasteiger partial charge in [-0.25, -0.2) is 19.9 Å². The molecule has 7 heteroatoms. The van der Waals surface area contributed by atoms with E-state index in [1.54, 1.807) is 6.19 Å². The molecule has 0 saturated heterocycles. The lowest BCUT2D eigenvalue weighted by molar-refractivity contribution is 1.18. The minimum atomic E-state index is 0.440. The van der Waals surface area contributed by atoms with E-state index in [9.17, 15) is 0 Å². The van der Waals surface area contributed by atoms with Crippen molar-refractivity contribution >= 4 is 23.3 Å². The fourth-order valence-corrected chi connectivity index (χ4v) is 0.972. The minimum absolute atomic E-state index is 0.440. The van der Waals surface area contributed by atoms with Crippen molar-refractivity contribution in [2.24, 2.45) is 4.99 Å². The molecule has 2 N–H and O–H groups in total. The number of aromatic amines is 1. The summed E-state index contributed by atoms with van der Waals surface area (Å²) in [7, 11) is 0. The smallest absolute Gasteiger partial charge is 0.182 e. The van der Waals surface area contributed by atoms with Crippen LogP contribution in [0.1, 0.15) is 0 Å². The van der Waals surface area contributed by atoms with Crippen LogP contribution in [0.4, 0.5) is 5.82 Å². The lowest BCUT2D eigenvalue weighted by Crippen LogP contribution is -1.99. The Morgan fingerprint density at radius 1 is 1.50 bits per heavy atom. The zero-order valence-electron chi connectivity index (χ0n) is 6.97. The van der Waals surface area contributed by atoms with Gasteiger partial charge >= 0.3 is 0 Å². The van der Waals surface area contributed by atoms with Crippen molar-refractivity contribution in [3.8, 4) is 6.19 Å². The highest BCUT2D eigenvalue weighted by molar-refractivity contribution is 5.82. The topological polar surface area (TPSA) is 103 Å². The molecule has 0 radical (unpaired) electrons. The third-order valence-corrected chi connectivity index (χ3v) is 1.52. The lowest BCUT2D eigenvalue weighted by Gasteiger charge is -1.91. The number of aromatic nitrogens is 4.